The van der Waals surface area contributed by atoms with Gasteiger partial charge in [0.25, 0.3) is 0 Å². The molecule has 1 saturated carbocycles. The van der Waals surface area contributed by atoms with Gasteiger partial charge in [0, 0.05) is 12.1 Å². The highest BCUT2D eigenvalue weighted by molar-refractivity contribution is 5.24. The van der Waals surface area contributed by atoms with Gasteiger partial charge in [-0.1, -0.05) is 19.1 Å². The Hall–Kier alpha value is -1.07. The quantitative estimate of drug-likeness (QED) is 0.888. The number of aliphatic hydroxyl groups is 1. The molecule has 0 bridgehead atoms. The monoisotopic (exact) mass is 301 g/mol. The lowest BCUT2D eigenvalue weighted by Crippen LogP contribution is -2.50. The third-order valence-corrected chi connectivity index (χ3v) is 4.48. The average Bonchev–Trinajstić information content (AvgIpc) is 2.47. The van der Waals surface area contributed by atoms with E-state index >= 15 is 0 Å². The minimum Gasteiger partial charge on any atom is -0.394 e. The van der Waals surface area contributed by atoms with Gasteiger partial charge in [0.1, 0.15) is 0 Å². The number of hydrogen-bond acceptors (Lipinski definition) is 2. The molecule has 1 aliphatic carbocycles. The van der Waals surface area contributed by atoms with Gasteiger partial charge in [0.2, 0.25) is 0 Å². The normalized spacial score (nSPS) is 26.8. The van der Waals surface area contributed by atoms with Crippen LogP contribution >= 0.6 is 0 Å². The molecule has 2 N–H and O–H groups in total. The zero-order chi connectivity index (χ0) is 15.5. The molecule has 0 atom stereocenters. The zero-order valence-electron chi connectivity index (χ0n) is 12.2. The van der Waals surface area contributed by atoms with Gasteiger partial charge in [-0.05, 0) is 49.3 Å². The summed E-state index contributed by atoms with van der Waals surface area (Å²) in [7, 11) is 0. The van der Waals surface area contributed by atoms with Crippen LogP contribution in [0.15, 0.2) is 24.3 Å². The molecule has 21 heavy (non-hydrogen) atoms. The Morgan fingerprint density at radius 3 is 2.24 bits per heavy atom. The minimum absolute atomic E-state index is 0.0698. The van der Waals surface area contributed by atoms with Crippen molar-refractivity contribution in [1.29, 1.82) is 0 Å². The first kappa shape index (κ1) is 16.3. The summed E-state index contributed by atoms with van der Waals surface area (Å²) in [6.45, 7) is 2.75. The van der Waals surface area contributed by atoms with E-state index in [1.807, 2.05) is 0 Å². The lowest BCUT2D eigenvalue weighted by Gasteiger charge is -2.39. The van der Waals surface area contributed by atoms with Crippen molar-refractivity contribution in [2.24, 2.45) is 5.92 Å². The largest absolute Gasteiger partial charge is 0.416 e. The molecule has 0 radical (unpaired) electrons. The minimum atomic E-state index is -4.29. The van der Waals surface area contributed by atoms with Gasteiger partial charge < -0.3 is 10.4 Å². The summed E-state index contributed by atoms with van der Waals surface area (Å²) >= 11 is 0. The molecule has 0 aliphatic heterocycles. The lowest BCUT2D eigenvalue weighted by atomic mass is 9.77. The van der Waals surface area contributed by atoms with Crippen LogP contribution in [-0.4, -0.2) is 17.3 Å². The molecule has 2 nitrogen and oxygen atoms in total. The van der Waals surface area contributed by atoms with Crippen molar-refractivity contribution < 1.29 is 18.3 Å². The van der Waals surface area contributed by atoms with Gasteiger partial charge >= 0.3 is 6.18 Å². The van der Waals surface area contributed by atoms with Gasteiger partial charge in [-0.3, -0.25) is 0 Å². The summed E-state index contributed by atoms with van der Waals surface area (Å²) < 4.78 is 37.5. The molecule has 5 heteroatoms. The van der Waals surface area contributed by atoms with E-state index in [0.717, 1.165) is 43.4 Å². The number of benzene rings is 1. The van der Waals surface area contributed by atoms with Crippen molar-refractivity contribution in [2.45, 2.75) is 50.9 Å². The SMILES string of the molecule is CC1CCC(CO)(NCc2ccc(C(F)(F)F)cc2)CC1. The van der Waals surface area contributed by atoms with Crippen LogP contribution in [-0.2, 0) is 12.7 Å². The van der Waals surface area contributed by atoms with Crippen molar-refractivity contribution >= 4 is 0 Å². The van der Waals surface area contributed by atoms with E-state index in [-0.39, 0.29) is 12.1 Å². The maximum atomic E-state index is 12.5. The van der Waals surface area contributed by atoms with Crippen LogP contribution in [0.4, 0.5) is 13.2 Å². The Balaban J connectivity index is 1.95. The summed E-state index contributed by atoms with van der Waals surface area (Å²) in [5, 5.41) is 13.0. The highest BCUT2D eigenvalue weighted by Gasteiger charge is 2.33. The van der Waals surface area contributed by atoms with E-state index in [4.69, 9.17) is 0 Å². The van der Waals surface area contributed by atoms with Crippen molar-refractivity contribution in [3.05, 3.63) is 35.4 Å². The van der Waals surface area contributed by atoms with Gasteiger partial charge in [0.15, 0.2) is 0 Å². The fourth-order valence-electron chi connectivity index (χ4n) is 2.81. The van der Waals surface area contributed by atoms with Crippen LogP contribution in [0, 0.1) is 5.92 Å². The third-order valence-electron chi connectivity index (χ3n) is 4.48. The molecule has 1 aromatic rings. The predicted octanol–water partition coefficient (Wildman–Crippen LogP) is 3.74. The fraction of sp³-hybridized carbons (Fsp3) is 0.625. The molecule has 0 unspecified atom stereocenters. The lowest BCUT2D eigenvalue weighted by molar-refractivity contribution is -0.137. The zero-order valence-corrected chi connectivity index (χ0v) is 12.2. The maximum absolute atomic E-state index is 12.5. The molecule has 0 saturated heterocycles. The van der Waals surface area contributed by atoms with Gasteiger partial charge in [0.05, 0.1) is 12.2 Å². The molecular formula is C16H22F3NO. The predicted molar refractivity (Wildman–Crippen MR) is 75.7 cm³/mol. The topological polar surface area (TPSA) is 32.3 Å². The summed E-state index contributed by atoms with van der Waals surface area (Å²) in [5.74, 6) is 0.678. The molecule has 118 valence electrons. The van der Waals surface area contributed by atoms with E-state index < -0.39 is 11.7 Å². The standard InChI is InChI=1S/C16H22F3NO/c1-12-6-8-15(11-21,9-7-12)20-10-13-2-4-14(5-3-13)16(17,18)19/h2-5,12,20-21H,6-11H2,1H3. The first-order valence-electron chi connectivity index (χ1n) is 7.37. The highest BCUT2D eigenvalue weighted by atomic mass is 19.4. The van der Waals surface area contributed by atoms with Gasteiger partial charge in [-0.25, -0.2) is 0 Å². The van der Waals surface area contributed by atoms with Crippen molar-refractivity contribution in [3.8, 4) is 0 Å². The first-order valence-corrected chi connectivity index (χ1v) is 7.37. The van der Waals surface area contributed by atoms with E-state index in [9.17, 15) is 18.3 Å². The van der Waals surface area contributed by atoms with Crippen molar-refractivity contribution in [1.82, 2.24) is 5.32 Å². The summed E-state index contributed by atoms with van der Waals surface area (Å²) in [6, 6.07) is 5.19. The number of halogens is 3. The van der Waals surface area contributed by atoms with Crippen LogP contribution < -0.4 is 5.32 Å². The second-order valence-electron chi connectivity index (χ2n) is 6.17. The van der Waals surface area contributed by atoms with Crippen molar-refractivity contribution in [3.63, 3.8) is 0 Å². The average molecular weight is 301 g/mol. The number of rotatable bonds is 4. The van der Waals surface area contributed by atoms with Crippen LogP contribution in [0.3, 0.4) is 0 Å². The number of aliphatic hydroxyl groups excluding tert-OH is 1. The van der Waals surface area contributed by atoms with E-state index in [0.29, 0.717) is 12.5 Å². The Bertz CT molecular complexity index is 448. The van der Waals surface area contributed by atoms with Gasteiger partial charge in [-0.2, -0.15) is 13.2 Å². The maximum Gasteiger partial charge on any atom is 0.416 e. The Kier molecular flexibility index (Phi) is 4.94. The highest BCUT2D eigenvalue weighted by Crippen LogP contribution is 2.32. The van der Waals surface area contributed by atoms with Gasteiger partial charge in [-0.15, -0.1) is 0 Å². The first-order chi connectivity index (χ1) is 9.85. The number of nitrogens with one attached hydrogen (secondary N) is 1. The summed E-state index contributed by atoms with van der Waals surface area (Å²) in [5.41, 5.74) is -0.112. The Morgan fingerprint density at radius 1 is 1.19 bits per heavy atom. The Morgan fingerprint density at radius 2 is 1.76 bits per heavy atom. The van der Waals surface area contributed by atoms with Crippen LogP contribution in [0.1, 0.15) is 43.7 Å². The fourth-order valence-corrected chi connectivity index (χ4v) is 2.81. The van der Waals surface area contributed by atoms with Crippen LogP contribution in [0.2, 0.25) is 0 Å². The van der Waals surface area contributed by atoms with E-state index in [1.165, 1.54) is 12.1 Å². The van der Waals surface area contributed by atoms with Crippen molar-refractivity contribution in [2.75, 3.05) is 6.61 Å². The van der Waals surface area contributed by atoms with Crippen LogP contribution in [0.25, 0.3) is 0 Å². The molecule has 2 rings (SSSR count). The van der Waals surface area contributed by atoms with E-state index in [1.54, 1.807) is 0 Å². The molecule has 0 heterocycles. The third kappa shape index (κ3) is 4.20. The molecule has 1 aliphatic rings. The van der Waals surface area contributed by atoms with E-state index in [2.05, 4.69) is 12.2 Å². The second kappa shape index (κ2) is 6.36. The summed E-state index contributed by atoms with van der Waals surface area (Å²) in [4.78, 5) is 0. The smallest absolute Gasteiger partial charge is 0.394 e. The second-order valence-corrected chi connectivity index (χ2v) is 6.17. The molecule has 1 aromatic carbocycles. The molecule has 0 amide bonds. The molecule has 1 fully saturated rings. The molecular weight excluding hydrogens is 279 g/mol. The summed E-state index contributed by atoms with van der Waals surface area (Å²) in [6.07, 6.45) is -0.338. The number of alkyl halides is 3. The number of hydrogen-bond donors (Lipinski definition) is 2. The molecule has 0 aromatic heterocycles. The Labute approximate surface area is 123 Å². The van der Waals surface area contributed by atoms with Crippen LogP contribution in [0.5, 0.6) is 0 Å². The molecule has 0 spiro atoms.